The van der Waals surface area contributed by atoms with E-state index in [1.165, 1.54) is 32.2 Å². The minimum absolute atomic E-state index is 0.508. The van der Waals surface area contributed by atoms with Gasteiger partial charge < -0.3 is 15.3 Å². The lowest BCUT2D eigenvalue weighted by molar-refractivity contribution is 0.00417. The number of piperidine rings is 1. The zero-order valence-electron chi connectivity index (χ0n) is 11.4. The Hall–Kier alpha value is -0.120. The Morgan fingerprint density at radius 3 is 2.76 bits per heavy atom. The lowest BCUT2D eigenvalue weighted by Crippen LogP contribution is -2.46. The maximum atomic E-state index is 10.1. The van der Waals surface area contributed by atoms with Crippen LogP contribution in [0, 0.1) is 5.92 Å². The summed E-state index contributed by atoms with van der Waals surface area (Å²) < 4.78 is 0. The molecule has 0 spiro atoms. The van der Waals surface area contributed by atoms with E-state index in [1.54, 1.807) is 0 Å². The Morgan fingerprint density at radius 1 is 1.35 bits per heavy atom. The lowest BCUT2D eigenvalue weighted by Gasteiger charge is -2.37. The Morgan fingerprint density at radius 2 is 2.12 bits per heavy atom. The van der Waals surface area contributed by atoms with Crippen molar-refractivity contribution in [1.29, 1.82) is 0 Å². The van der Waals surface area contributed by atoms with Crippen molar-refractivity contribution in [2.75, 3.05) is 26.2 Å². The third kappa shape index (κ3) is 4.57. The van der Waals surface area contributed by atoms with Gasteiger partial charge in [-0.05, 0) is 58.0 Å². The maximum Gasteiger partial charge on any atom is 0.0743 e. The predicted octanol–water partition coefficient (Wildman–Crippen LogP) is 1.61. The molecule has 0 aromatic carbocycles. The van der Waals surface area contributed by atoms with Gasteiger partial charge in [0.15, 0.2) is 0 Å². The molecule has 2 N–H and O–H groups in total. The quantitative estimate of drug-likeness (QED) is 0.740. The van der Waals surface area contributed by atoms with Crippen LogP contribution < -0.4 is 5.32 Å². The van der Waals surface area contributed by atoms with Crippen LogP contribution in [0.2, 0.25) is 0 Å². The first-order valence-electron chi connectivity index (χ1n) is 7.27. The Kier molecular flexibility index (Phi) is 4.45. The molecule has 1 aliphatic heterocycles. The topological polar surface area (TPSA) is 35.5 Å². The number of likely N-dealkylation sites (tertiary alicyclic amines) is 1. The van der Waals surface area contributed by atoms with Crippen LogP contribution in [0.5, 0.6) is 0 Å². The van der Waals surface area contributed by atoms with Gasteiger partial charge in [-0.3, -0.25) is 0 Å². The van der Waals surface area contributed by atoms with E-state index in [4.69, 9.17) is 0 Å². The molecule has 0 bridgehead atoms. The van der Waals surface area contributed by atoms with E-state index < -0.39 is 5.60 Å². The summed E-state index contributed by atoms with van der Waals surface area (Å²) in [6, 6.07) is 0.823. The second-order valence-electron chi connectivity index (χ2n) is 6.28. The van der Waals surface area contributed by atoms with Crippen molar-refractivity contribution in [2.45, 2.75) is 57.6 Å². The number of β-amino-alcohol motifs (C(OH)–C–C–N with tert-alkyl or cyclic N) is 1. The zero-order chi connectivity index (χ0) is 12.3. The van der Waals surface area contributed by atoms with E-state index >= 15 is 0 Å². The SMILES string of the molecule is CCC(C)(O)CN1CCCC(CNC2CC2)C1. The van der Waals surface area contributed by atoms with Crippen LogP contribution in [0.4, 0.5) is 0 Å². The number of rotatable bonds is 6. The molecular weight excluding hydrogens is 212 g/mol. The normalized spacial score (nSPS) is 30.2. The molecule has 0 aromatic rings. The molecule has 1 saturated heterocycles. The molecule has 2 fully saturated rings. The third-order valence-electron chi connectivity index (χ3n) is 4.20. The number of nitrogens with zero attached hydrogens (tertiary/aromatic N) is 1. The van der Waals surface area contributed by atoms with Gasteiger partial charge in [0.1, 0.15) is 0 Å². The van der Waals surface area contributed by atoms with Crippen LogP contribution in [0.25, 0.3) is 0 Å². The van der Waals surface area contributed by atoms with Gasteiger partial charge in [-0.15, -0.1) is 0 Å². The monoisotopic (exact) mass is 240 g/mol. The van der Waals surface area contributed by atoms with Crippen molar-refractivity contribution in [3.05, 3.63) is 0 Å². The van der Waals surface area contributed by atoms with Crippen LogP contribution in [0.3, 0.4) is 0 Å². The predicted molar refractivity (Wildman–Crippen MR) is 71.1 cm³/mol. The molecule has 1 aliphatic carbocycles. The van der Waals surface area contributed by atoms with E-state index in [2.05, 4.69) is 17.1 Å². The highest BCUT2D eigenvalue weighted by atomic mass is 16.3. The molecule has 0 amide bonds. The number of nitrogens with one attached hydrogen (secondary N) is 1. The molecule has 2 unspecified atom stereocenters. The summed E-state index contributed by atoms with van der Waals surface area (Å²) in [5.41, 5.74) is -0.508. The highest BCUT2D eigenvalue weighted by molar-refractivity contribution is 4.85. The number of aliphatic hydroxyl groups is 1. The van der Waals surface area contributed by atoms with Crippen molar-refractivity contribution in [3.63, 3.8) is 0 Å². The first-order chi connectivity index (χ1) is 8.09. The smallest absolute Gasteiger partial charge is 0.0743 e. The summed E-state index contributed by atoms with van der Waals surface area (Å²) >= 11 is 0. The van der Waals surface area contributed by atoms with E-state index in [0.717, 1.165) is 38.0 Å². The van der Waals surface area contributed by atoms with Gasteiger partial charge in [0.05, 0.1) is 5.60 Å². The summed E-state index contributed by atoms with van der Waals surface area (Å²) in [4.78, 5) is 2.45. The average molecular weight is 240 g/mol. The molecule has 1 saturated carbocycles. The fourth-order valence-electron chi connectivity index (χ4n) is 2.68. The standard InChI is InChI=1S/C14H28N2O/c1-3-14(2,17)11-16-8-4-5-12(10-16)9-15-13-6-7-13/h12-13,15,17H,3-11H2,1-2H3. The van der Waals surface area contributed by atoms with Gasteiger partial charge in [0.25, 0.3) is 0 Å². The summed E-state index contributed by atoms with van der Waals surface area (Å²) in [5, 5.41) is 13.8. The summed E-state index contributed by atoms with van der Waals surface area (Å²) in [6.07, 6.45) is 6.23. The molecule has 2 aliphatic rings. The minimum atomic E-state index is -0.508. The first-order valence-corrected chi connectivity index (χ1v) is 7.27. The molecule has 1 heterocycles. The van der Waals surface area contributed by atoms with Crippen LogP contribution >= 0.6 is 0 Å². The highest BCUT2D eigenvalue weighted by Crippen LogP contribution is 2.22. The fourth-order valence-corrected chi connectivity index (χ4v) is 2.68. The molecule has 17 heavy (non-hydrogen) atoms. The van der Waals surface area contributed by atoms with Crippen molar-refractivity contribution in [3.8, 4) is 0 Å². The van der Waals surface area contributed by atoms with Crippen molar-refractivity contribution < 1.29 is 5.11 Å². The van der Waals surface area contributed by atoms with Gasteiger partial charge in [0, 0.05) is 19.1 Å². The Labute approximate surface area is 106 Å². The Bertz CT molecular complexity index is 238. The van der Waals surface area contributed by atoms with Crippen LogP contribution in [0.15, 0.2) is 0 Å². The molecule has 2 atom stereocenters. The maximum absolute atomic E-state index is 10.1. The highest BCUT2D eigenvalue weighted by Gasteiger charge is 2.28. The number of hydrogen-bond acceptors (Lipinski definition) is 3. The molecule has 100 valence electrons. The molecule has 3 nitrogen and oxygen atoms in total. The van der Waals surface area contributed by atoms with Crippen LogP contribution in [-0.4, -0.2) is 47.8 Å². The van der Waals surface area contributed by atoms with Gasteiger partial charge in [0.2, 0.25) is 0 Å². The zero-order valence-corrected chi connectivity index (χ0v) is 11.4. The summed E-state index contributed by atoms with van der Waals surface area (Å²) in [7, 11) is 0. The summed E-state index contributed by atoms with van der Waals surface area (Å²) in [5.74, 6) is 0.789. The second kappa shape index (κ2) is 5.68. The van der Waals surface area contributed by atoms with E-state index in [-0.39, 0.29) is 0 Å². The molecular formula is C14H28N2O. The summed E-state index contributed by atoms with van der Waals surface area (Å²) in [6.45, 7) is 8.36. The Balaban J connectivity index is 1.71. The molecule has 3 heteroatoms. The van der Waals surface area contributed by atoms with E-state index in [0.29, 0.717) is 0 Å². The molecule has 0 aromatic heterocycles. The molecule has 0 radical (unpaired) electrons. The van der Waals surface area contributed by atoms with Crippen molar-refractivity contribution in [1.82, 2.24) is 10.2 Å². The average Bonchev–Trinajstić information content (AvgIpc) is 3.10. The van der Waals surface area contributed by atoms with E-state index in [9.17, 15) is 5.11 Å². The third-order valence-corrected chi connectivity index (χ3v) is 4.20. The fraction of sp³-hybridized carbons (Fsp3) is 1.00. The van der Waals surface area contributed by atoms with Crippen molar-refractivity contribution >= 4 is 0 Å². The molecule has 2 rings (SSSR count). The lowest BCUT2D eigenvalue weighted by atomic mass is 9.95. The van der Waals surface area contributed by atoms with Crippen LogP contribution in [-0.2, 0) is 0 Å². The van der Waals surface area contributed by atoms with Gasteiger partial charge in [-0.2, -0.15) is 0 Å². The van der Waals surface area contributed by atoms with Crippen molar-refractivity contribution in [2.24, 2.45) is 5.92 Å². The number of hydrogen-bond donors (Lipinski definition) is 2. The first kappa shape index (κ1) is 13.3. The second-order valence-corrected chi connectivity index (χ2v) is 6.28. The van der Waals surface area contributed by atoms with Gasteiger partial charge in [-0.1, -0.05) is 6.92 Å². The van der Waals surface area contributed by atoms with Crippen LogP contribution in [0.1, 0.15) is 46.0 Å². The van der Waals surface area contributed by atoms with Gasteiger partial charge >= 0.3 is 0 Å². The minimum Gasteiger partial charge on any atom is -0.389 e. The largest absolute Gasteiger partial charge is 0.389 e. The van der Waals surface area contributed by atoms with Gasteiger partial charge in [-0.25, -0.2) is 0 Å². The van der Waals surface area contributed by atoms with E-state index in [1.807, 2.05) is 6.92 Å².